The predicted molar refractivity (Wildman–Crippen MR) is 114 cm³/mol. The molecule has 0 radical (unpaired) electrons. The summed E-state index contributed by atoms with van der Waals surface area (Å²) in [6.45, 7) is 2.51. The second-order valence-corrected chi connectivity index (χ2v) is 6.51. The number of ether oxygens (including phenoxy) is 1. The van der Waals surface area contributed by atoms with E-state index in [0.717, 1.165) is 11.3 Å². The molecule has 0 aromatic heterocycles. The third-order valence-electron chi connectivity index (χ3n) is 4.38. The highest BCUT2D eigenvalue weighted by Gasteiger charge is 2.19. The molecular weight excluding hydrogens is 364 g/mol. The number of carbonyl (C=O) groups excluding carboxylic acids is 2. The van der Waals surface area contributed by atoms with Crippen LogP contribution >= 0.6 is 0 Å². The molecule has 3 aromatic carbocycles. The van der Waals surface area contributed by atoms with Crippen molar-refractivity contribution in [3.8, 4) is 5.75 Å². The zero-order chi connectivity index (χ0) is 20.5. The van der Waals surface area contributed by atoms with Crippen LogP contribution < -0.4 is 15.4 Å². The average Bonchev–Trinajstić information content (AvgIpc) is 2.76. The topological polar surface area (TPSA) is 67.4 Å². The van der Waals surface area contributed by atoms with Gasteiger partial charge >= 0.3 is 0 Å². The van der Waals surface area contributed by atoms with Crippen molar-refractivity contribution in [3.05, 3.63) is 96.1 Å². The zero-order valence-corrected chi connectivity index (χ0v) is 16.3. The van der Waals surface area contributed by atoms with Gasteiger partial charge in [0.2, 0.25) is 5.91 Å². The number of nitrogens with one attached hydrogen (secondary N) is 2. The number of carbonyl (C=O) groups is 2. The standard InChI is InChI=1S/C24H24N2O3/c1-2-29-21-15-13-20(14-16-21)25-23(27)17-22(18-9-5-3-6-10-18)26-24(28)19-11-7-4-8-12-19/h3-16,22H,2,17H2,1H3,(H,25,27)(H,26,28)/t22-/m0/s1. The van der Waals surface area contributed by atoms with E-state index in [1.165, 1.54) is 0 Å². The van der Waals surface area contributed by atoms with Crippen LogP contribution in [0.25, 0.3) is 0 Å². The summed E-state index contributed by atoms with van der Waals surface area (Å²) in [6.07, 6.45) is 0.121. The molecule has 2 amide bonds. The molecule has 5 heteroatoms. The lowest BCUT2D eigenvalue weighted by Crippen LogP contribution is -2.31. The lowest BCUT2D eigenvalue weighted by Gasteiger charge is -2.19. The van der Waals surface area contributed by atoms with E-state index >= 15 is 0 Å². The van der Waals surface area contributed by atoms with Crippen LogP contribution in [0.5, 0.6) is 5.75 Å². The molecule has 1 atom stereocenters. The fraction of sp³-hybridized carbons (Fsp3) is 0.167. The average molecular weight is 388 g/mol. The van der Waals surface area contributed by atoms with Crippen LogP contribution in [0.4, 0.5) is 5.69 Å². The van der Waals surface area contributed by atoms with Gasteiger partial charge in [-0.15, -0.1) is 0 Å². The first-order valence-corrected chi connectivity index (χ1v) is 9.59. The van der Waals surface area contributed by atoms with Crippen molar-refractivity contribution in [1.82, 2.24) is 5.32 Å². The van der Waals surface area contributed by atoms with Crippen molar-refractivity contribution in [1.29, 1.82) is 0 Å². The Morgan fingerprint density at radius 2 is 1.48 bits per heavy atom. The van der Waals surface area contributed by atoms with Gasteiger partial charge in [0.15, 0.2) is 0 Å². The Morgan fingerprint density at radius 3 is 2.10 bits per heavy atom. The Kier molecular flexibility index (Phi) is 7.00. The summed E-state index contributed by atoms with van der Waals surface area (Å²) in [5.41, 5.74) is 2.11. The highest BCUT2D eigenvalue weighted by atomic mass is 16.5. The molecule has 0 spiro atoms. The van der Waals surface area contributed by atoms with Gasteiger partial charge in [0.05, 0.1) is 19.1 Å². The smallest absolute Gasteiger partial charge is 0.251 e. The summed E-state index contributed by atoms with van der Waals surface area (Å²) in [4.78, 5) is 25.2. The van der Waals surface area contributed by atoms with Crippen molar-refractivity contribution in [3.63, 3.8) is 0 Å². The summed E-state index contributed by atoms with van der Waals surface area (Å²) in [5, 5.41) is 5.85. The zero-order valence-electron chi connectivity index (χ0n) is 16.3. The summed E-state index contributed by atoms with van der Waals surface area (Å²) < 4.78 is 5.41. The molecule has 29 heavy (non-hydrogen) atoms. The summed E-state index contributed by atoms with van der Waals surface area (Å²) in [5.74, 6) is 0.354. The van der Waals surface area contributed by atoms with Crippen molar-refractivity contribution in [2.45, 2.75) is 19.4 Å². The third-order valence-corrected chi connectivity index (χ3v) is 4.38. The molecule has 0 bridgehead atoms. The number of hydrogen-bond acceptors (Lipinski definition) is 3. The first-order valence-electron chi connectivity index (χ1n) is 9.59. The fourth-order valence-electron chi connectivity index (χ4n) is 2.97. The first kappa shape index (κ1) is 20.1. The maximum Gasteiger partial charge on any atom is 0.251 e. The minimum atomic E-state index is -0.438. The van der Waals surface area contributed by atoms with Crippen LogP contribution in [-0.2, 0) is 4.79 Å². The Morgan fingerprint density at radius 1 is 0.862 bits per heavy atom. The van der Waals surface area contributed by atoms with E-state index in [4.69, 9.17) is 4.74 Å². The second-order valence-electron chi connectivity index (χ2n) is 6.51. The molecule has 0 heterocycles. The molecule has 3 aromatic rings. The monoisotopic (exact) mass is 388 g/mol. The molecule has 0 fully saturated rings. The SMILES string of the molecule is CCOc1ccc(NC(=O)C[C@H](NC(=O)c2ccccc2)c2ccccc2)cc1. The maximum absolute atomic E-state index is 12.6. The molecule has 0 aliphatic rings. The fourth-order valence-corrected chi connectivity index (χ4v) is 2.97. The Hall–Kier alpha value is -3.60. The first-order chi connectivity index (χ1) is 14.2. The van der Waals surface area contributed by atoms with Crippen molar-refractivity contribution in [2.75, 3.05) is 11.9 Å². The van der Waals surface area contributed by atoms with Crippen molar-refractivity contribution >= 4 is 17.5 Å². The van der Waals surface area contributed by atoms with E-state index in [-0.39, 0.29) is 18.2 Å². The summed E-state index contributed by atoms with van der Waals surface area (Å²) >= 11 is 0. The third kappa shape index (κ3) is 5.94. The van der Waals surface area contributed by atoms with Gasteiger partial charge in [-0.1, -0.05) is 48.5 Å². The number of amides is 2. The van der Waals surface area contributed by atoms with E-state index in [0.29, 0.717) is 17.9 Å². The van der Waals surface area contributed by atoms with Gasteiger partial charge in [0, 0.05) is 11.3 Å². The Labute approximate surface area is 170 Å². The van der Waals surface area contributed by atoms with Gasteiger partial charge in [-0.2, -0.15) is 0 Å². The van der Waals surface area contributed by atoms with Crippen LogP contribution in [0.15, 0.2) is 84.9 Å². The van der Waals surface area contributed by atoms with Crippen LogP contribution in [0.3, 0.4) is 0 Å². The Balaban J connectivity index is 1.69. The predicted octanol–water partition coefficient (Wildman–Crippen LogP) is 4.59. The molecule has 2 N–H and O–H groups in total. The molecule has 0 unspecified atom stereocenters. The van der Waals surface area contributed by atoms with Crippen LogP contribution in [0.1, 0.15) is 35.3 Å². The number of rotatable bonds is 8. The molecule has 148 valence electrons. The quantitative estimate of drug-likeness (QED) is 0.593. The molecule has 0 saturated heterocycles. The highest BCUT2D eigenvalue weighted by Crippen LogP contribution is 2.20. The highest BCUT2D eigenvalue weighted by molar-refractivity contribution is 5.95. The van der Waals surface area contributed by atoms with E-state index in [1.54, 1.807) is 24.3 Å². The minimum Gasteiger partial charge on any atom is -0.494 e. The van der Waals surface area contributed by atoms with Gasteiger partial charge in [-0.25, -0.2) is 0 Å². The second kappa shape index (κ2) is 10.1. The Bertz CT molecular complexity index is 925. The summed E-state index contributed by atoms with van der Waals surface area (Å²) in [6, 6.07) is 25.2. The molecule has 5 nitrogen and oxygen atoms in total. The van der Waals surface area contributed by atoms with E-state index in [1.807, 2.05) is 67.6 Å². The van der Waals surface area contributed by atoms with E-state index in [2.05, 4.69) is 10.6 Å². The van der Waals surface area contributed by atoms with Crippen LogP contribution in [-0.4, -0.2) is 18.4 Å². The van der Waals surface area contributed by atoms with Gasteiger partial charge in [0.25, 0.3) is 5.91 Å². The van der Waals surface area contributed by atoms with Gasteiger partial charge < -0.3 is 15.4 Å². The maximum atomic E-state index is 12.6. The molecule has 0 aliphatic heterocycles. The summed E-state index contributed by atoms with van der Waals surface area (Å²) in [7, 11) is 0. The van der Waals surface area contributed by atoms with Crippen molar-refractivity contribution in [2.24, 2.45) is 0 Å². The van der Waals surface area contributed by atoms with E-state index in [9.17, 15) is 9.59 Å². The van der Waals surface area contributed by atoms with Gasteiger partial charge in [-0.05, 0) is 48.9 Å². The van der Waals surface area contributed by atoms with Crippen LogP contribution in [0.2, 0.25) is 0 Å². The van der Waals surface area contributed by atoms with Crippen molar-refractivity contribution < 1.29 is 14.3 Å². The molecule has 0 aliphatic carbocycles. The molecule has 0 saturated carbocycles. The van der Waals surface area contributed by atoms with E-state index < -0.39 is 6.04 Å². The normalized spacial score (nSPS) is 11.3. The van der Waals surface area contributed by atoms with Gasteiger partial charge in [-0.3, -0.25) is 9.59 Å². The largest absolute Gasteiger partial charge is 0.494 e. The molecular formula is C24H24N2O3. The number of benzene rings is 3. The van der Waals surface area contributed by atoms with Crippen LogP contribution in [0, 0.1) is 0 Å². The number of hydrogen-bond donors (Lipinski definition) is 2. The minimum absolute atomic E-state index is 0.121. The number of anilines is 1. The van der Waals surface area contributed by atoms with Gasteiger partial charge in [0.1, 0.15) is 5.75 Å². The lowest BCUT2D eigenvalue weighted by atomic mass is 10.0. The lowest BCUT2D eigenvalue weighted by molar-refractivity contribution is -0.116. The molecule has 3 rings (SSSR count).